The van der Waals surface area contributed by atoms with Crippen LogP contribution in [0, 0.1) is 0 Å². The molecule has 0 bridgehead atoms. The Labute approximate surface area is 173 Å². The van der Waals surface area contributed by atoms with Crippen molar-refractivity contribution >= 4 is 46.7 Å². The molecular weight excluding hydrogens is 441 g/mol. The maximum atomic E-state index is 5.35. The Kier molecular flexibility index (Phi) is 10.3. The third-order valence-corrected chi connectivity index (χ3v) is 3.88. The van der Waals surface area contributed by atoms with Gasteiger partial charge in [-0.1, -0.05) is 18.2 Å². The molecule has 0 unspecified atom stereocenters. The number of rotatable bonds is 8. The lowest BCUT2D eigenvalue weighted by atomic mass is 10.1. The van der Waals surface area contributed by atoms with Gasteiger partial charge >= 0.3 is 0 Å². The average Bonchev–Trinajstić information content (AvgIpc) is 2.63. The van der Waals surface area contributed by atoms with Crippen LogP contribution in [0.4, 0.5) is 5.82 Å². The lowest BCUT2D eigenvalue weighted by Crippen LogP contribution is -2.37. The Morgan fingerprint density at radius 1 is 1.23 bits per heavy atom. The van der Waals surface area contributed by atoms with E-state index in [1.165, 1.54) is 5.56 Å². The van der Waals surface area contributed by atoms with Crippen molar-refractivity contribution in [3.8, 4) is 0 Å². The molecule has 0 radical (unpaired) electrons. The number of fused-ring (bicyclic) bond motifs is 1. The highest BCUT2D eigenvalue weighted by Gasteiger charge is 2.07. The topological polar surface area (TPSA) is 61.8 Å². The fourth-order valence-corrected chi connectivity index (χ4v) is 2.53. The maximum Gasteiger partial charge on any atom is 0.191 e. The molecule has 1 aromatic heterocycles. The van der Waals surface area contributed by atoms with Crippen LogP contribution in [-0.2, 0) is 11.3 Å². The van der Waals surface area contributed by atoms with Crippen molar-refractivity contribution < 1.29 is 4.74 Å². The Bertz CT molecular complexity index is 705. The van der Waals surface area contributed by atoms with Gasteiger partial charge in [-0.25, -0.2) is 4.98 Å². The van der Waals surface area contributed by atoms with Crippen LogP contribution in [-0.4, -0.2) is 51.8 Å². The third kappa shape index (κ3) is 6.60. The molecule has 1 aromatic carbocycles. The van der Waals surface area contributed by atoms with E-state index < -0.39 is 0 Å². The summed E-state index contributed by atoms with van der Waals surface area (Å²) in [6.45, 7) is 5.06. The summed E-state index contributed by atoms with van der Waals surface area (Å²) in [5.74, 6) is 1.75. The van der Waals surface area contributed by atoms with Crippen LogP contribution in [0.1, 0.15) is 18.9 Å². The molecule has 0 saturated heterocycles. The molecular formula is C19H30IN5O. The van der Waals surface area contributed by atoms with E-state index in [-0.39, 0.29) is 24.0 Å². The lowest BCUT2D eigenvalue weighted by Gasteiger charge is -2.17. The van der Waals surface area contributed by atoms with Crippen molar-refractivity contribution in [3.05, 3.63) is 35.9 Å². The first kappa shape index (κ1) is 22.4. The van der Waals surface area contributed by atoms with Crippen molar-refractivity contribution in [2.24, 2.45) is 4.99 Å². The van der Waals surface area contributed by atoms with Crippen molar-refractivity contribution in [2.45, 2.75) is 19.9 Å². The average molecular weight is 471 g/mol. The first-order valence-electron chi connectivity index (χ1n) is 8.74. The van der Waals surface area contributed by atoms with Crippen LogP contribution in [0.25, 0.3) is 10.9 Å². The first-order valence-corrected chi connectivity index (χ1v) is 8.74. The van der Waals surface area contributed by atoms with E-state index in [2.05, 4.69) is 27.8 Å². The number of benzene rings is 1. The molecule has 7 heteroatoms. The van der Waals surface area contributed by atoms with Gasteiger partial charge in [-0.2, -0.15) is 0 Å². The minimum absolute atomic E-state index is 0. The predicted molar refractivity (Wildman–Crippen MR) is 121 cm³/mol. The summed E-state index contributed by atoms with van der Waals surface area (Å²) >= 11 is 0. The molecule has 6 nitrogen and oxygen atoms in total. The molecule has 2 aromatic rings. The molecule has 2 N–H and O–H groups in total. The van der Waals surface area contributed by atoms with E-state index in [0.717, 1.165) is 48.9 Å². The molecule has 0 saturated carbocycles. The van der Waals surface area contributed by atoms with Gasteiger partial charge in [0.1, 0.15) is 5.82 Å². The van der Waals surface area contributed by atoms with Crippen LogP contribution < -0.4 is 15.5 Å². The van der Waals surface area contributed by atoms with Crippen LogP contribution >= 0.6 is 24.0 Å². The number of aromatic nitrogens is 1. The first-order chi connectivity index (χ1) is 12.2. The van der Waals surface area contributed by atoms with Gasteiger partial charge in [-0.05, 0) is 31.0 Å². The van der Waals surface area contributed by atoms with Crippen molar-refractivity contribution in [1.82, 2.24) is 15.6 Å². The number of nitrogens with one attached hydrogen (secondary N) is 2. The van der Waals surface area contributed by atoms with Gasteiger partial charge in [0.15, 0.2) is 5.96 Å². The van der Waals surface area contributed by atoms with E-state index in [9.17, 15) is 0 Å². The number of anilines is 1. The van der Waals surface area contributed by atoms with Crippen LogP contribution in [0.3, 0.4) is 0 Å². The van der Waals surface area contributed by atoms with Gasteiger partial charge in [0.2, 0.25) is 0 Å². The monoisotopic (exact) mass is 471 g/mol. The van der Waals surface area contributed by atoms with Crippen molar-refractivity contribution in [3.63, 3.8) is 0 Å². The molecule has 0 aliphatic heterocycles. The minimum atomic E-state index is 0. The molecule has 0 spiro atoms. The molecule has 26 heavy (non-hydrogen) atoms. The van der Waals surface area contributed by atoms with E-state index in [1.807, 2.05) is 44.1 Å². The van der Waals surface area contributed by atoms with Gasteiger partial charge in [-0.3, -0.25) is 4.99 Å². The van der Waals surface area contributed by atoms with E-state index >= 15 is 0 Å². The largest absolute Gasteiger partial charge is 0.382 e. The van der Waals surface area contributed by atoms with E-state index in [4.69, 9.17) is 9.72 Å². The van der Waals surface area contributed by atoms with Gasteiger partial charge in [0, 0.05) is 52.8 Å². The molecule has 144 valence electrons. The van der Waals surface area contributed by atoms with Crippen molar-refractivity contribution in [2.75, 3.05) is 45.8 Å². The number of ether oxygens (including phenoxy) is 1. The summed E-state index contributed by atoms with van der Waals surface area (Å²) in [6.07, 6.45) is 0.956. The van der Waals surface area contributed by atoms with Crippen molar-refractivity contribution in [1.29, 1.82) is 0 Å². The number of guanidine groups is 1. The van der Waals surface area contributed by atoms with E-state index in [0.29, 0.717) is 6.54 Å². The second-order valence-corrected chi connectivity index (χ2v) is 5.95. The fraction of sp³-hybridized carbons (Fsp3) is 0.474. The molecule has 0 fully saturated rings. The third-order valence-electron chi connectivity index (χ3n) is 3.88. The molecule has 1 heterocycles. The number of pyridine rings is 1. The molecule has 0 aliphatic rings. The Hall–Kier alpha value is -1.61. The highest BCUT2D eigenvalue weighted by atomic mass is 127. The highest BCUT2D eigenvalue weighted by molar-refractivity contribution is 14.0. The Balaban J connectivity index is 0.00000338. The maximum absolute atomic E-state index is 5.35. The Morgan fingerprint density at radius 2 is 2.00 bits per heavy atom. The van der Waals surface area contributed by atoms with E-state index in [1.54, 1.807) is 7.05 Å². The number of hydrogen-bond donors (Lipinski definition) is 2. The molecule has 0 aliphatic carbocycles. The normalized spacial score (nSPS) is 11.2. The SMILES string of the molecule is CCOCCCNC(=NC)NCc1cc(N(C)C)nc2ccccc12.I. The van der Waals surface area contributed by atoms with Crippen LogP contribution in [0.2, 0.25) is 0 Å². The zero-order chi connectivity index (χ0) is 18.1. The fourth-order valence-electron chi connectivity index (χ4n) is 2.53. The summed E-state index contributed by atoms with van der Waals surface area (Å²) in [4.78, 5) is 11.0. The van der Waals surface area contributed by atoms with Crippen LogP contribution in [0.5, 0.6) is 0 Å². The van der Waals surface area contributed by atoms with Gasteiger partial charge < -0.3 is 20.3 Å². The zero-order valence-electron chi connectivity index (χ0n) is 16.1. The number of nitrogens with zero attached hydrogens (tertiary/aromatic N) is 3. The summed E-state index contributed by atoms with van der Waals surface area (Å²) in [6, 6.07) is 10.3. The highest BCUT2D eigenvalue weighted by Crippen LogP contribution is 2.21. The lowest BCUT2D eigenvalue weighted by molar-refractivity contribution is 0.145. The second-order valence-electron chi connectivity index (χ2n) is 5.95. The number of halogens is 1. The van der Waals surface area contributed by atoms with Crippen LogP contribution in [0.15, 0.2) is 35.3 Å². The van der Waals surface area contributed by atoms with Gasteiger partial charge in [0.05, 0.1) is 5.52 Å². The number of para-hydroxylation sites is 1. The van der Waals surface area contributed by atoms with Gasteiger partial charge in [-0.15, -0.1) is 24.0 Å². The quantitative estimate of drug-likeness (QED) is 0.268. The molecule has 2 rings (SSSR count). The predicted octanol–water partition coefficient (Wildman–Crippen LogP) is 3.01. The summed E-state index contributed by atoms with van der Waals surface area (Å²) in [5, 5.41) is 7.86. The summed E-state index contributed by atoms with van der Waals surface area (Å²) in [7, 11) is 5.80. The Morgan fingerprint density at radius 3 is 2.69 bits per heavy atom. The van der Waals surface area contributed by atoms with Gasteiger partial charge in [0.25, 0.3) is 0 Å². The zero-order valence-corrected chi connectivity index (χ0v) is 18.4. The summed E-state index contributed by atoms with van der Waals surface area (Å²) in [5.41, 5.74) is 2.21. The molecule has 0 atom stereocenters. The number of hydrogen-bond acceptors (Lipinski definition) is 4. The molecule has 0 amide bonds. The second kappa shape index (κ2) is 11.9. The smallest absolute Gasteiger partial charge is 0.191 e. The standard InChI is InChI=1S/C19H29N5O.HI/c1-5-25-12-8-11-21-19(20-2)22-14-15-13-18(24(3)4)23-17-10-7-6-9-16(15)17;/h6-7,9-10,13H,5,8,11-12,14H2,1-4H3,(H2,20,21,22);1H. The number of aliphatic imine (C=N–C) groups is 1. The summed E-state index contributed by atoms with van der Waals surface area (Å²) < 4.78 is 5.35. The minimum Gasteiger partial charge on any atom is -0.382 e.